The molecular weight excluding hydrogens is 285 g/mol. The number of hydrogen-bond acceptors (Lipinski definition) is 3. The predicted octanol–water partition coefficient (Wildman–Crippen LogP) is 4.16. The molecular formula is C14H14F3N2S. The first-order valence-corrected chi connectivity index (χ1v) is 6.94. The zero-order valence-electron chi connectivity index (χ0n) is 11.2. The Hall–Kier alpha value is -1.43. The van der Waals surface area contributed by atoms with E-state index in [-0.39, 0.29) is 0 Å². The molecule has 20 heavy (non-hydrogen) atoms. The van der Waals surface area contributed by atoms with Crippen LogP contribution in [0.25, 0.3) is 0 Å². The molecule has 0 aliphatic carbocycles. The molecule has 107 valence electrons. The van der Waals surface area contributed by atoms with Gasteiger partial charge in [0.1, 0.15) is 5.69 Å². The van der Waals surface area contributed by atoms with Crippen molar-refractivity contribution in [2.24, 2.45) is 0 Å². The van der Waals surface area contributed by atoms with Crippen LogP contribution in [-0.4, -0.2) is 9.97 Å². The number of aromatic nitrogens is 2. The minimum absolute atomic E-state index is 0.599. The second kappa shape index (κ2) is 5.91. The number of rotatable bonds is 4. The summed E-state index contributed by atoms with van der Waals surface area (Å²) >= 11 is 1.65. The maximum atomic E-state index is 12.4. The normalized spacial score (nSPS) is 11.8. The molecule has 0 saturated carbocycles. The maximum absolute atomic E-state index is 12.4. The van der Waals surface area contributed by atoms with Gasteiger partial charge in [0.05, 0.1) is 10.7 Å². The first-order valence-electron chi connectivity index (χ1n) is 6.13. The molecule has 0 unspecified atom stereocenters. The minimum Gasteiger partial charge on any atom is -0.252 e. The van der Waals surface area contributed by atoms with Gasteiger partial charge in [-0.25, -0.2) is 4.98 Å². The maximum Gasteiger partial charge on any atom is 0.433 e. The van der Waals surface area contributed by atoms with Gasteiger partial charge in [-0.3, -0.25) is 4.98 Å². The highest BCUT2D eigenvalue weighted by molar-refractivity contribution is 7.11. The number of pyridine rings is 1. The Kier molecular flexibility index (Phi) is 4.42. The van der Waals surface area contributed by atoms with E-state index >= 15 is 0 Å². The van der Waals surface area contributed by atoms with Crippen molar-refractivity contribution in [3.63, 3.8) is 0 Å². The molecule has 2 aromatic rings. The van der Waals surface area contributed by atoms with Crippen LogP contribution in [0, 0.1) is 20.3 Å². The highest BCUT2D eigenvalue weighted by Gasteiger charge is 2.31. The number of thiazole rings is 1. The molecule has 2 heterocycles. The number of aryl methyl sites for hydroxylation is 2. The molecule has 0 saturated heterocycles. The molecule has 0 aliphatic rings. The molecule has 0 fully saturated rings. The molecule has 1 radical (unpaired) electrons. The van der Waals surface area contributed by atoms with Crippen molar-refractivity contribution in [1.82, 2.24) is 9.97 Å². The molecule has 0 spiro atoms. The standard InChI is InChI=1S/C14H14F3N2S/c1-9-12(20-10(2)19-9)5-3-4-11-6-7-13(18-8-11)14(15,16)17/h3,6-8H,4-5H2,1-2H3. The third-order valence-electron chi connectivity index (χ3n) is 2.82. The van der Waals surface area contributed by atoms with Crippen molar-refractivity contribution in [3.05, 3.63) is 51.6 Å². The summed E-state index contributed by atoms with van der Waals surface area (Å²) in [6, 6.07) is 2.49. The van der Waals surface area contributed by atoms with Crippen molar-refractivity contribution < 1.29 is 13.2 Å². The van der Waals surface area contributed by atoms with Gasteiger partial charge in [0.2, 0.25) is 0 Å². The zero-order valence-corrected chi connectivity index (χ0v) is 12.0. The van der Waals surface area contributed by atoms with Gasteiger partial charge in [0, 0.05) is 11.1 Å². The summed E-state index contributed by atoms with van der Waals surface area (Å²) in [6.45, 7) is 3.92. The fourth-order valence-corrected chi connectivity index (χ4v) is 2.78. The van der Waals surface area contributed by atoms with Gasteiger partial charge in [-0.05, 0) is 44.7 Å². The van der Waals surface area contributed by atoms with E-state index in [1.807, 2.05) is 20.3 Å². The fraction of sp³-hybridized carbons (Fsp3) is 0.357. The molecule has 0 N–H and O–H groups in total. The highest BCUT2D eigenvalue weighted by Crippen LogP contribution is 2.27. The van der Waals surface area contributed by atoms with Crippen LogP contribution < -0.4 is 0 Å². The summed E-state index contributed by atoms with van der Waals surface area (Å²) in [5.74, 6) is 0. The summed E-state index contributed by atoms with van der Waals surface area (Å²) in [5.41, 5.74) is 0.946. The van der Waals surface area contributed by atoms with E-state index in [1.165, 1.54) is 17.1 Å². The average molecular weight is 299 g/mol. The molecule has 2 rings (SSSR count). The monoisotopic (exact) mass is 299 g/mol. The minimum atomic E-state index is -4.38. The second-order valence-electron chi connectivity index (χ2n) is 4.49. The van der Waals surface area contributed by atoms with E-state index in [1.54, 1.807) is 11.3 Å². The average Bonchev–Trinajstić information content (AvgIpc) is 2.67. The Morgan fingerprint density at radius 2 is 1.95 bits per heavy atom. The van der Waals surface area contributed by atoms with Crippen LogP contribution in [0.3, 0.4) is 0 Å². The van der Waals surface area contributed by atoms with E-state index in [9.17, 15) is 13.2 Å². The largest absolute Gasteiger partial charge is 0.433 e. The SMILES string of the molecule is Cc1nc(C)c(C[CH]Cc2ccc(C(F)(F)F)nc2)s1. The number of hydrogen-bond donors (Lipinski definition) is 0. The van der Waals surface area contributed by atoms with Crippen molar-refractivity contribution in [3.8, 4) is 0 Å². The first kappa shape index (κ1) is 15.0. The van der Waals surface area contributed by atoms with Crippen LogP contribution in [0.2, 0.25) is 0 Å². The smallest absolute Gasteiger partial charge is 0.252 e. The third-order valence-corrected chi connectivity index (χ3v) is 3.92. The van der Waals surface area contributed by atoms with Gasteiger partial charge in [-0.15, -0.1) is 11.3 Å². The highest BCUT2D eigenvalue weighted by atomic mass is 32.1. The first-order chi connectivity index (χ1) is 9.36. The summed E-state index contributed by atoms with van der Waals surface area (Å²) in [6.07, 6.45) is 0.313. The Morgan fingerprint density at radius 1 is 1.20 bits per heavy atom. The Balaban J connectivity index is 1.90. The van der Waals surface area contributed by atoms with E-state index in [0.717, 1.165) is 28.8 Å². The predicted molar refractivity (Wildman–Crippen MR) is 72.5 cm³/mol. The lowest BCUT2D eigenvalue weighted by molar-refractivity contribution is -0.141. The Bertz CT molecular complexity index is 573. The van der Waals surface area contributed by atoms with Crippen LogP contribution in [-0.2, 0) is 19.0 Å². The van der Waals surface area contributed by atoms with E-state index < -0.39 is 11.9 Å². The fourth-order valence-electron chi connectivity index (χ4n) is 1.85. The summed E-state index contributed by atoms with van der Waals surface area (Å²) in [7, 11) is 0. The van der Waals surface area contributed by atoms with Gasteiger partial charge in [0.25, 0.3) is 0 Å². The molecule has 0 aliphatic heterocycles. The van der Waals surface area contributed by atoms with Gasteiger partial charge >= 0.3 is 6.18 Å². The second-order valence-corrected chi connectivity index (χ2v) is 5.78. The Labute approximate surface area is 119 Å². The lowest BCUT2D eigenvalue weighted by atomic mass is 10.1. The van der Waals surface area contributed by atoms with Crippen LogP contribution in [0.15, 0.2) is 18.3 Å². The van der Waals surface area contributed by atoms with E-state index in [4.69, 9.17) is 0 Å². The van der Waals surface area contributed by atoms with Gasteiger partial charge in [-0.1, -0.05) is 6.07 Å². The van der Waals surface area contributed by atoms with Crippen molar-refractivity contribution in [2.75, 3.05) is 0 Å². The lowest BCUT2D eigenvalue weighted by Gasteiger charge is -2.06. The summed E-state index contributed by atoms with van der Waals surface area (Å²) in [5, 5.41) is 1.03. The molecule has 0 bridgehead atoms. The summed E-state index contributed by atoms with van der Waals surface area (Å²) < 4.78 is 37.1. The van der Waals surface area contributed by atoms with Crippen molar-refractivity contribution >= 4 is 11.3 Å². The number of alkyl halides is 3. The molecule has 6 heteroatoms. The van der Waals surface area contributed by atoms with Crippen molar-refractivity contribution in [2.45, 2.75) is 32.9 Å². The topological polar surface area (TPSA) is 25.8 Å². The van der Waals surface area contributed by atoms with Gasteiger partial charge < -0.3 is 0 Å². The Morgan fingerprint density at radius 3 is 2.45 bits per heavy atom. The number of nitrogens with zero attached hydrogens (tertiary/aromatic N) is 2. The van der Waals surface area contributed by atoms with Crippen LogP contribution in [0.4, 0.5) is 13.2 Å². The van der Waals surface area contributed by atoms with Crippen LogP contribution >= 0.6 is 11.3 Å². The number of halogens is 3. The van der Waals surface area contributed by atoms with Crippen LogP contribution in [0.5, 0.6) is 0 Å². The van der Waals surface area contributed by atoms with Crippen LogP contribution in [0.1, 0.15) is 26.8 Å². The third kappa shape index (κ3) is 3.79. The molecule has 0 amide bonds. The van der Waals surface area contributed by atoms with Crippen molar-refractivity contribution in [1.29, 1.82) is 0 Å². The quantitative estimate of drug-likeness (QED) is 0.847. The zero-order chi connectivity index (χ0) is 14.8. The molecule has 0 aromatic carbocycles. The molecule has 2 nitrogen and oxygen atoms in total. The molecule has 0 atom stereocenters. The summed E-state index contributed by atoms with van der Waals surface area (Å²) in [4.78, 5) is 8.98. The molecule has 2 aromatic heterocycles. The lowest BCUT2D eigenvalue weighted by Crippen LogP contribution is -2.07. The van der Waals surface area contributed by atoms with Gasteiger partial charge in [-0.2, -0.15) is 13.2 Å². The van der Waals surface area contributed by atoms with E-state index in [2.05, 4.69) is 9.97 Å². The van der Waals surface area contributed by atoms with E-state index in [0.29, 0.717) is 6.42 Å². The van der Waals surface area contributed by atoms with Gasteiger partial charge in [0.15, 0.2) is 0 Å².